The van der Waals surface area contributed by atoms with Gasteiger partial charge >= 0.3 is 0 Å². The molecule has 0 amide bonds. The lowest BCUT2D eigenvalue weighted by Gasteiger charge is -2.15. The number of nitrogens with one attached hydrogen (secondary N) is 1. The van der Waals surface area contributed by atoms with Crippen LogP contribution in [0.1, 0.15) is 12.0 Å². The summed E-state index contributed by atoms with van der Waals surface area (Å²) in [5.74, 6) is 0. The van der Waals surface area contributed by atoms with Crippen LogP contribution in [0.5, 0.6) is 6.01 Å². The molecule has 2 saturated heterocycles. The molecule has 0 unspecified atom stereocenters. The summed E-state index contributed by atoms with van der Waals surface area (Å²) in [5, 5.41) is 9.88. The number of hydrogen-bond donors (Lipinski definition) is 1. The standard InChI is InChI=1S/C25H19ClN4O3/c26-18-11-19-24(30-25(28-19)33-21-13-32-20-9-10-31-23(20)21)29-22(18)15-7-5-14(6-8-15)17-4-2-1-3-16(17)12-27/h1-8,11,20-21,23H,9-10,13H2,(H,28,29,30)/t20-,21-,23+/m1/s1. The molecule has 4 heterocycles. The van der Waals surface area contributed by atoms with Gasteiger partial charge in [0.25, 0.3) is 6.01 Å². The van der Waals surface area contributed by atoms with Crippen LogP contribution in [0.2, 0.25) is 5.02 Å². The van der Waals surface area contributed by atoms with Crippen molar-refractivity contribution in [2.45, 2.75) is 24.7 Å². The van der Waals surface area contributed by atoms with Crippen LogP contribution in [-0.2, 0) is 9.47 Å². The van der Waals surface area contributed by atoms with E-state index in [0.717, 1.165) is 23.1 Å². The molecule has 33 heavy (non-hydrogen) atoms. The summed E-state index contributed by atoms with van der Waals surface area (Å²) in [5.41, 5.74) is 5.18. The summed E-state index contributed by atoms with van der Waals surface area (Å²) < 4.78 is 17.5. The molecule has 2 aliphatic heterocycles. The van der Waals surface area contributed by atoms with Crippen molar-refractivity contribution >= 4 is 22.8 Å². The van der Waals surface area contributed by atoms with Crippen molar-refractivity contribution in [3.8, 4) is 34.5 Å². The first-order valence-corrected chi connectivity index (χ1v) is 11.1. The van der Waals surface area contributed by atoms with Crippen LogP contribution in [0.4, 0.5) is 0 Å². The minimum Gasteiger partial charge on any atom is -0.456 e. The number of ether oxygens (including phenoxy) is 3. The van der Waals surface area contributed by atoms with Crippen molar-refractivity contribution < 1.29 is 14.2 Å². The Morgan fingerprint density at radius 1 is 1.06 bits per heavy atom. The second kappa shape index (κ2) is 8.16. The molecule has 164 valence electrons. The summed E-state index contributed by atoms with van der Waals surface area (Å²) in [4.78, 5) is 12.3. The molecule has 2 fully saturated rings. The third-order valence-electron chi connectivity index (χ3n) is 6.10. The van der Waals surface area contributed by atoms with E-state index in [0.29, 0.717) is 46.7 Å². The molecule has 3 atom stereocenters. The number of fused-ring (bicyclic) bond motifs is 2. The maximum atomic E-state index is 9.37. The number of nitriles is 1. The van der Waals surface area contributed by atoms with E-state index in [4.69, 9.17) is 25.8 Å². The van der Waals surface area contributed by atoms with E-state index in [1.807, 2.05) is 48.5 Å². The number of aromatic nitrogens is 3. The Labute approximate surface area is 194 Å². The highest BCUT2D eigenvalue weighted by Crippen LogP contribution is 2.33. The van der Waals surface area contributed by atoms with Gasteiger partial charge in [-0.25, -0.2) is 4.98 Å². The monoisotopic (exact) mass is 458 g/mol. The van der Waals surface area contributed by atoms with Gasteiger partial charge in [-0.15, -0.1) is 0 Å². The maximum absolute atomic E-state index is 9.37. The molecular formula is C25H19ClN4O3. The van der Waals surface area contributed by atoms with Crippen LogP contribution in [0.15, 0.2) is 54.6 Å². The van der Waals surface area contributed by atoms with Crippen LogP contribution in [-0.4, -0.2) is 46.5 Å². The molecule has 0 spiro atoms. The predicted molar refractivity (Wildman–Crippen MR) is 123 cm³/mol. The van der Waals surface area contributed by atoms with Gasteiger partial charge in [-0.3, -0.25) is 0 Å². The number of pyridine rings is 1. The number of rotatable bonds is 4. The van der Waals surface area contributed by atoms with Crippen molar-refractivity contribution in [1.82, 2.24) is 15.0 Å². The van der Waals surface area contributed by atoms with Gasteiger partial charge in [-0.2, -0.15) is 10.2 Å². The second-order valence-electron chi connectivity index (χ2n) is 8.12. The van der Waals surface area contributed by atoms with E-state index < -0.39 is 0 Å². The van der Waals surface area contributed by atoms with Gasteiger partial charge in [0.15, 0.2) is 11.8 Å². The van der Waals surface area contributed by atoms with Crippen molar-refractivity contribution in [3.63, 3.8) is 0 Å². The zero-order valence-electron chi connectivity index (χ0n) is 17.5. The summed E-state index contributed by atoms with van der Waals surface area (Å²) in [6.07, 6.45) is 0.736. The largest absolute Gasteiger partial charge is 0.456 e. The van der Waals surface area contributed by atoms with Crippen LogP contribution in [0.25, 0.3) is 33.5 Å². The molecule has 1 N–H and O–H groups in total. The van der Waals surface area contributed by atoms with Crippen molar-refractivity contribution in [3.05, 3.63) is 65.2 Å². The van der Waals surface area contributed by atoms with Crippen molar-refractivity contribution in [2.75, 3.05) is 13.2 Å². The third-order valence-corrected chi connectivity index (χ3v) is 6.39. The first kappa shape index (κ1) is 20.2. The highest BCUT2D eigenvalue weighted by molar-refractivity contribution is 6.33. The van der Waals surface area contributed by atoms with Gasteiger partial charge in [-0.05, 0) is 29.7 Å². The molecule has 7 nitrogen and oxygen atoms in total. The van der Waals surface area contributed by atoms with E-state index in [1.165, 1.54) is 0 Å². The Kier molecular flexibility index (Phi) is 4.99. The summed E-state index contributed by atoms with van der Waals surface area (Å²) in [7, 11) is 0. The third kappa shape index (κ3) is 3.62. The second-order valence-corrected chi connectivity index (χ2v) is 8.53. The summed E-state index contributed by atoms with van der Waals surface area (Å²) in [6.45, 7) is 1.17. The van der Waals surface area contributed by atoms with Gasteiger partial charge in [0.2, 0.25) is 0 Å². The molecule has 0 bridgehead atoms. The molecule has 0 saturated carbocycles. The molecule has 2 aromatic heterocycles. The number of H-pyrrole nitrogens is 1. The number of benzene rings is 2. The Balaban J connectivity index is 1.28. The zero-order valence-corrected chi connectivity index (χ0v) is 18.2. The summed E-state index contributed by atoms with van der Waals surface area (Å²) >= 11 is 6.56. The SMILES string of the molecule is N#Cc1ccccc1-c1ccc(-c2nc3nc(O[C@@H]4CO[C@@H]5CCO[C@@H]54)[nH]c3cc2Cl)cc1. The molecule has 0 radical (unpaired) electrons. The van der Waals surface area contributed by atoms with Gasteiger partial charge in [0.05, 0.1) is 40.6 Å². The molecule has 8 heteroatoms. The van der Waals surface area contributed by atoms with Crippen LogP contribution >= 0.6 is 11.6 Å². The smallest absolute Gasteiger partial charge is 0.296 e. The molecular weight excluding hydrogens is 440 g/mol. The average Bonchev–Trinajstić information content (AvgIpc) is 3.56. The van der Waals surface area contributed by atoms with Crippen LogP contribution < -0.4 is 4.74 Å². The minimum atomic E-state index is -0.197. The highest BCUT2D eigenvalue weighted by Gasteiger charge is 2.43. The fraction of sp³-hybridized carbons (Fsp3) is 0.240. The molecule has 4 aromatic rings. The van der Waals surface area contributed by atoms with Gasteiger partial charge in [0.1, 0.15) is 6.10 Å². The zero-order chi connectivity index (χ0) is 22.4. The first-order valence-electron chi connectivity index (χ1n) is 10.8. The maximum Gasteiger partial charge on any atom is 0.296 e. The van der Waals surface area contributed by atoms with E-state index in [9.17, 15) is 5.26 Å². The van der Waals surface area contributed by atoms with Gasteiger partial charge in [0, 0.05) is 12.2 Å². The molecule has 0 aliphatic carbocycles. The van der Waals surface area contributed by atoms with E-state index in [1.54, 1.807) is 6.07 Å². The quantitative estimate of drug-likeness (QED) is 0.474. The van der Waals surface area contributed by atoms with E-state index in [-0.39, 0.29) is 18.3 Å². The normalized spacial score (nSPS) is 21.8. The lowest BCUT2D eigenvalue weighted by atomic mass is 9.98. The first-order chi connectivity index (χ1) is 16.2. The van der Waals surface area contributed by atoms with Crippen LogP contribution in [0, 0.1) is 11.3 Å². The summed E-state index contributed by atoms with van der Waals surface area (Å²) in [6, 6.07) is 19.8. The number of nitrogens with zero attached hydrogens (tertiary/aromatic N) is 3. The van der Waals surface area contributed by atoms with Gasteiger partial charge < -0.3 is 19.2 Å². The molecule has 6 rings (SSSR count). The number of imidazole rings is 1. The Bertz CT molecular complexity index is 1380. The Morgan fingerprint density at radius 3 is 2.73 bits per heavy atom. The van der Waals surface area contributed by atoms with E-state index >= 15 is 0 Å². The number of aromatic amines is 1. The predicted octanol–water partition coefficient (Wildman–Crippen LogP) is 4.75. The van der Waals surface area contributed by atoms with Crippen molar-refractivity contribution in [1.29, 1.82) is 5.26 Å². The van der Waals surface area contributed by atoms with Crippen molar-refractivity contribution in [2.24, 2.45) is 0 Å². The number of halogens is 1. The lowest BCUT2D eigenvalue weighted by molar-refractivity contribution is 0.0273. The van der Waals surface area contributed by atoms with Crippen LogP contribution in [0.3, 0.4) is 0 Å². The Morgan fingerprint density at radius 2 is 1.88 bits per heavy atom. The fourth-order valence-electron chi connectivity index (χ4n) is 4.47. The number of hydrogen-bond acceptors (Lipinski definition) is 6. The minimum absolute atomic E-state index is 0.0602. The highest BCUT2D eigenvalue weighted by atomic mass is 35.5. The topological polar surface area (TPSA) is 93.1 Å². The van der Waals surface area contributed by atoms with E-state index in [2.05, 4.69) is 21.0 Å². The fourth-order valence-corrected chi connectivity index (χ4v) is 4.73. The molecule has 2 aromatic carbocycles. The molecule has 2 aliphatic rings. The van der Waals surface area contributed by atoms with Gasteiger partial charge in [-0.1, -0.05) is 54.1 Å². The lowest BCUT2D eigenvalue weighted by Crippen LogP contribution is -2.32. The Hall–Kier alpha value is -3.44. The average molecular weight is 459 g/mol.